The van der Waals surface area contributed by atoms with Crippen molar-refractivity contribution >= 4 is 34.9 Å². The van der Waals surface area contributed by atoms with Crippen LogP contribution in [0.3, 0.4) is 0 Å². The summed E-state index contributed by atoms with van der Waals surface area (Å²) >= 11 is 7.72. The molecular formula is C18H17ClFN3O3S. The molecule has 9 heteroatoms. The number of hydrogen-bond acceptors (Lipinski definition) is 7. The molecular weight excluding hydrogens is 393 g/mol. The van der Waals surface area contributed by atoms with E-state index in [4.69, 9.17) is 21.1 Å². The fraction of sp³-hybridized carbons (Fsp3) is 0.278. The van der Waals surface area contributed by atoms with Gasteiger partial charge in [0.15, 0.2) is 11.6 Å². The van der Waals surface area contributed by atoms with Crippen molar-refractivity contribution < 1.29 is 18.7 Å². The molecule has 0 amide bonds. The van der Waals surface area contributed by atoms with Gasteiger partial charge in [0.25, 0.3) is 0 Å². The zero-order valence-electron chi connectivity index (χ0n) is 14.9. The third-order valence-electron chi connectivity index (χ3n) is 3.76. The normalized spacial score (nSPS) is 16.6. The molecule has 2 heterocycles. The number of benzene rings is 1. The Kier molecular flexibility index (Phi) is 5.76. The Bertz CT molecular complexity index is 942. The molecule has 0 radical (unpaired) electrons. The van der Waals surface area contributed by atoms with E-state index in [0.717, 1.165) is 5.01 Å². The highest BCUT2D eigenvalue weighted by Crippen LogP contribution is 2.36. The summed E-state index contributed by atoms with van der Waals surface area (Å²) in [4.78, 5) is 20.9. The van der Waals surface area contributed by atoms with Crippen LogP contribution in [0.2, 0.25) is 5.02 Å². The van der Waals surface area contributed by atoms with Gasteiger partial charge in [-0.2, -0.15) is 0 Å². The molecule has 142 valence electrons. The topological polar surface area (TPSA) is 72.8 Å². The highest BCUT2D eigenvalue weighted by molar-refractivity contribution is 7.09. The lowest BCUT2D eigenvalue weighted by molar-refractivity contribution is 0.0763. The first-order valence-corrected chi connectivity index (χ1v) is 9.42. The summed E-state index contributed by atoms with van der Waals surface area (Å²) in [5.41, 5.74) is 1.72. The molecule has 1 aliphatic heterocycles. The van der Waals surface area contributed by atoms with Crippen LogP contribution in [0.1, 0.15) is 36.2 Å². The van der Waals surface area contributed by atoms with Crippen molar-refractivity contribution in [1.29, 1.82) is 0 Å². The Labute approximate surface area is 164 Å². The van der Waals surface area contributed by atoms with Gasteiger partial charge < -0.3 is 14.8 Å². The minimum atomic E-state index is -0.847. The van der Waals surface area contributed by atoms with Crippen LogP contribution in [0.4, 0.5) is 9.18 Å². The van der Waals surface area contributed by atoms with Crippen LogP contribution in [-0.2, 0) is 9.47 Å². The van der Waals surface area contributed by atoms with Gasteiger partial charge in [0.2, 0.25) is 0 Å². The molecule has 27 heavy (non-hydrogen) atoms. The van der Waals surface area contributed by atoms with Crippen LogP contribution in [0.15, 0.2) is 40.0 Å². The second-order valence-electron chi connectivity index (χ2n) is 5.70. The molecule has 6 nitrogen and oxygen atoms in total. The molecule has 0 fully saturated rings. The Morgan fingerprint density at radius 3 is 2.81 bits per heavy atom. The van der Waals surface area contributed by atoms with Gasteiger partial charge in [0.1, 0.15) is 17.6 Å². The average Bonchev–Trinajstić information content (AvgIpc) is 3.03. The van der Waals surface area contributed by atoms with E-state index in [2.05, 4.69) is 15.3 Å². The van der Waals surface area contributed by atoms with Gasteiger partial charge in [0.05, 0.1) is 17.3 Å². The van der Waals surface area contributed by atoms with Gasteiger partial charge in [-0.1, -0.05) is 17.7 Å². The fourth-order valence-electron chi connectivity index (χ4n) is 2.57. The maximum Gasteiger partial charge on any atom is 0.513 e. The summed E-state index contributed by atoms with van der Waals surface area (Å²) in [7, 11) is 0. The number of carbonyl (C=O) groups is 1. The van der Waals surface area contributed by atoms with Crippen molar-refractivity contribution in [3.63, 3.8) is 0 Å². The second-order valence-corrected chi connectivity index (χ2v) is 7.17. The first kappa shape index (κ1) is 19.3. The number of nitrogens with one attached hydrogen (secondary N) is 1. The van der Waals surface area contributed by atoms with Crippen LogP contribution in [0.5, 0.6) is 0 Å². The van der Waals surface area contributed by atoms with Crippen LogP contribution in [0.25, 0.3) is 0 Å². The van der Waals surface area contributed by atoms with Crippen molar-refractivity contribution in [2.75, 3.05) is 6.61 Å². The van der Waals surface area contributed by atoms with Crippen molar-refractivity contribution in [3.05, 3.63) is 62.1 Å². The molecule has 0 saturated heterocycles. The van der Waals surface area contributed by atoms with E-state index >= 15 is 0 Å². The summed E-state index contributed by atoms with van der Waals surface area (Å²) in [5.74, 6) is 0.279. The molecule has 1 aliphatic rings. The first-order valence-electron chi connectivity index (χ1n) is 8.16. The van der Waals surface area contributed by atoms with E-state index in [9.17, 15) is 9.18 Å². The van der Waals surface area contributed by atoms with E-state index in [-0.39, 0.29) is 17.4 Å². The van der Waals surface area contributed by atoms with Crippen molar-refractivity contribution in [1.82, 2.24) is 10.3 Å². The molecule has 0 bridgehead atoms. The van der Waals surface area contributed by atoms with Gasteiger partial charge >= 0.3 is 6.16 Å². The molecule has 0 spiro atoms. The standard InChI is InChI=1S/C18H17ClFN3O3S/c1-4-25-18(24)26-16-9(2)21-17(14-8-27-10(3)22-14)23-15(16)12-6-5-11(20)7-13(12)19/h5-8,15H,4H2,1-3H3,(H,21,23). The number of aliphatic imine (C=N–C) groups is 1. The van der Waals surface area contributed by atoms with E-state index in [1.54, 1.807) is 13.8 Å². The lowest BCUT2D eigenvalue weighted by Crippen LogP contribution is -2.31. The van der Waals surface area contributed by atoms with Crippen molar-refractivity contribution in [2.45, 2.75) is 26.8 Å². The molecule has 3 rings (SSSR count). The summed E-state index contributed by atoms with van der Waals surface area (Å²) < 4.78 is 23.7. The van der Waals surface area contributed by atoms with Gasteiger partial charge in [-0.15, -0.1) is 11.3 Å². The number of rotatable bonds is 4. The highest BCUT2D eigenvalue weighted by atomic mass is 35.5. The number of nitrogens with zero attached hydrogens (tertiary/aromatic N) is 2. The van der Waals surface area contributed by atoms with Crippen LogP contribution >= 0.6 is 22.9 Å². The van der Waals surface area contributed by atoms with Crippen molar-refractivity contribution in [3.8, 4) is 0 Å². The zero-order chi connectivity index (χ0) is 19.6. The maximum absolute atomic E-state index is 13.5. The molecule has 1 unspecified atom stereocenters. The molecule has 1 aromatic carbocycles. The molecule has 0 saturated carbocycles. The molecule has 2 aromatic rings. The number of aromatic nitrogens is 1. The molecule has 1 N–H and O–H groups in total. The Morgan fingerprint density at radius 1 is 1.41 bits per heavy atom. The number of allylic oxidation sites excluding steroid dienone is 1. The van der Waals surface area contributed by atoms with Crippen LogP contribution < -0.4 is 5.32 Å². The number of carbonyl (C=O) groups excluding carboxylic acids is 1. The lowest BCUT2D eigenvalue weighted by atomic mass is 10.0. The number of thiazole rings is 1. The summed E-state index contributed by atoms with van der Waals surface area (Å²) in [6, 6.07) is 3.24. The monoisotopic (exact) mass is 409 g/mol. The Morgan fingerprint density at radius 2 is 2.19 bits per heavy atom. The summed E-state index contributed by atoms with van der Waals surface area (Å²) in [6.45, 7) is 5.49. The number of amidine groups is 1. The van der Waals surface area contributed by atoms with Crippen molar-refractivity contribution in [2.24, 2.45) is 4.99 Å². The van der Waals surface area contributed by atoms with Crippen LogP contribution in [0, 0.1) is 12.7 Å². The van der Waals surface area contributed by atoms with Gasteiger partial charge in [-0.3, -0.25) is 0 Å². The van der Waals surface area contributed by atoms with Gasteiger partial charge in [-0.05, 0) is 32.9 Å². The predicted molar refractivity (Wildman–Crippen MR) is 101 cm³/mol. The second kappa shape index (κ2) is 8.06. The maximum atomic E-state index is 13.5. The summed E-state index contributed by atoms with van der Waals surface area (Å²) in [5, 5.41) is 6.04. The SMILES string of the molecule is CCOC(=O)OC1=C(C)NC(c2csc(C)n2)=NC1c1ccc(F)cc1Cl. The number of ether oxygens (including phenoxy) is 2. The largest absolute Gasteiger partial charge is 0.513 e. The number of halogens is 2. The third-order valence-corrected chi connectivity index (χ3v) is 4.86. The minimum Gasteiger partial charge on any atom is -0.434 e. The first-order chi connectivity index (χ1) is 12.9. The minimum absolute atomic E-state index is 0.174. The number of hydrogen-bond donors (Lipinski definition) is 1. The molecule has 1 aromatic heterocycles. The number of aryl methyl sites for hydroxylation is 1. The highest BCUT2D eigenvalue weighted by Gasteiger charge is 2.30. The Balaban J connectivity index is 2.05. The molecule has 0 aliphatic carbocycles. The Hall–Kier alpha value is -2.45. The van der Waals surface area contributed by atoms with Gasteiger partial charge in [0, 0.05) is 16.0 Å². The quantitative estimate of drug-likeness (QED) is 0.738. The van der Waals surface area contributed by atoms with E-state index in [1.165, 1.54) is 29.5 Å². The van der Waals surface area contributed by atoms with E-state index in [1.807, 2.05) is 12.3 Å². The molecule has 1 atom stereocenters. The van der Waals surface area contributed by atoms with Gasteiger partial charge in [-0.25, -0.2) is 19.2 Å². The van der Waals surface area contributed by atoms with Crippen LogP contribution in [-0.4, -0.2) is 23.6 Å². The fourth-order valence-corrected chi connectivity index (χ4v) is 3.44. The predicted octanol–water partition coefficient (Wildman–Crippen LogP) is 4.74. The zero-order valence-corrected chi connectivity index (χ0v) is 16.4. The lowest BCUT2D eigenvalue weighted by Gasteiger charge is -2.26. The summed E-state index contributed by atoms with van der Waals surface area (Å²) in [6.07, 6.45) is -0.847. The van der Waals surface area contributed by atoms with E-state index < -0.39 is 18.0 Å². The average molecular weight is 410 g/mol. The smallest absolute Gasteiger partial charge is 0.434 e. The third kappa shape index (κ3) is 4.28. The van der Waals surface area contributed by atoms with E-state index in [0.29, 0.717) is 22.8 Å².